The van der Waals surface area contributed by atoms with E-state index in [0.717, 1.165) is 44.1 Å². The Morgan fingerprint density at radius 2 is 1.92 bits per heavy atom. The maximum absolute atomic E-state index is 12.2. The second-order valence-electron chi connectivity index (χ2n) is 8.65. The molecule has 1 fully saturated rings. The fourth-order valence-corrected chi connectivity index (χ4v) is 4.08. The van der Waals surface area contributed by atoms with Crippen molar-refractivity contribution in [1.82, 2.24) is 5.32 Å². The van der Waals surface area contributed by atoms with Crippen LogP contribution < -0.4 is 5.32 Å². The van der Waals surface area contributed by atoms with Crippen LogP contribution in [0.1, 0.15) is 64.0 Å². The summed E-state index contributed by atoms with van der Waals surface area (Å²) in [6.45, 7) is 6.33. The predicted octanol–water partition coefficient (Wildman–Crippen LogP) is 3.31. The van der Waals surface area contributed by atoms with Crippen LogP contribution in [-0.2, 0) is 21.6 Å². The van der Waals surface area contributed by atoms with Gasteiger partial charge in [-0.05, 0) is 70.4 Å². The van der Waals surface area contributed by atoms with Gasteiger partial charge < -0.3 is 15.2 Å². The summed E-state index contributed by atoms with van der Waals surface area (Å²) in [6, 6.07) is 8.57. The largest absolute Gasteiger partial charge is 0.460 e. The molecular weight excluding hydrogens is 314 g/mol. The molecule has 0 aromatic heterocycles. The molecule has 4 nitrogen and oxygen atoms in total. The van der Waals surface area contributed by atoms with Crippen molar-refractivity contribution < 1.29 is 14.6 Å². The van der Waals surface area contributed by atoms with Crippen molar-refractivity contribution in [2.45, 2.75) is 76.5 Å². The Hall–Kier alpha value is -1.39. The van der Waals surface area contributed by atoms with E-state index < -0.39 is 11.2 Å². The predicted molar refractivity (Wildman–Crippen MR) is 98.3 cm³/mol. The van der Waals surface area contributed by atoms with Crippen molar-refractivity contribution in [2.24, 2.45) is 5.92 Å². The zero-order chi connectivity index (χ0) is 18.1. The Labute approximate surface area is 151 Å². The van der Waals surface area contributed by atoms with E-state index in [1.807, 2.05) is 39.0 Å². The van der Waals surface area contributed by atoms with Gasteiger partial charge in [-0.3, -0.25) is 4.79 Å². The summed E-state index contributed by atoms with van der Waals surface area (Å²) in [5.41, 5.74) is 1.18. The van der Waals surface area contributed by atoms with Gasteiger partial charge in [-0.1, -0.05) is 24.3 Å². The van der Waals surface area contributed by atoms with Gasteiger partial charge in [0.25, 0.3) is 0 Å². The maximum Gasteiger partial charge on any atom is 0.309 e. The van der Waals surface area contributed by atoms with Crippen molar-refractivity contribution in [1.29, 1.82) is 0 Å². The van der Waals surface area contributed by atoms with E-state index in [4.69, 9.17) is 4.74 Å². The summed E-state index contributed by atoms with van der Waals surface area (Å²) in [4.78, 5) is 12.2. The second kappa shape index (κ2) is 7.08. The zero-order valence-corrected chi connectivity index (χ0v) is 15.7. The highest BCUT2D eigenvalue weighted by molar-refractivity contribution is 5.73. The van der Waals surface area contributed by atoms with Gasteiger partial charge in [0.2, 0.25) is 0 Å². The van der Waals surface area contributed by atoms with Gasteiger partial charge in [0.15, 0.2) is 0 Å². The summed E-state index contributed by atoms with van der Waals surface area (Å²) in [5, 5.41) is 14.6. The van der Waals surface area contributed by atoms with Gasteiger partial charge in [-0.25, -0.2) is 0 Å². The number of hydrogen-bond acceptors (Lipinski definition) is 4. The monoisotopic (exact) mass is 345 g/mol. The number of carbonyl (C=O) groups excluding carboxylic acids is 1. The Balaban J connectivity index is 1.48. The normalized spacial score (nSPS) is 29.3. The molecule has 0 spiro atoms. The van der Waals surface area contributed by atoms with Crippen molar-refractivity contribution in [3.05, 3.63) is 35.4 Å². The average Bonchev–Trinajstić information content (AvgIpc) is 2.90. The van der Waals surface area contributed by atoms with Crippen LogP contribution in [0.25, 0.3) is 0 Å². The van der Waals surface area contributed by atoms with Gasteiger partial charge in [0, 0.05) is 12.6 Å². The van der Waals surface area contributed by atoms with Gasteiger partial charge in [-0.15, -0.1) is 0 Å². The standard InChI is InChI=1S/C21H31NO3/c1-20(2,3)25-19(23)16-8-10-17(11-9-16)22-14-21(24)13-12-15-6-4-5-7-18(15)21/h4-7,16-17,22,24H,8-14H2,1-3H3. The molecule has 2 aliphatic carbocycles. The number of esters is 1. The van der Waals surface area contributed by atoms with Gasteiger partial charge >= 0.3 is 5.97 Å². The fraction of sp³-hybridized carbons (Fsp3) is 0.667. The highest BCUT2D eigenvalue weighted by Crippen LogP contribution is 2.36. The molecule has 0 radical (unpaired) electrons. The smallest absolute Gasteiger partial charge is 0.309 e. The molecule has 2 aliphatic rings. The number of fused-ring (bicyclic) bond motifs is 1. The van der Waals surface area contributed by atoms with Crippen LogP contribution in [0, 0.1) is 5.92 Å². The number of aliphatic hydroxyl groups is 1. The summed E-state index contributed by atoms with van der Waals surface area (Å²) < 4.78 is 5.51. The van der Waals surface area contributed by atoms with Crippen LogP contribution in [0.3, 0.4) is 0 Å². The molecule has 1 unspecified atom stereocenters. The molecule has 25 heavy (non-hydrogen) atoms. The molecule has 4 heteroatoms. The Morgan fingerprint density at radius 1 is 1.24 bits per heavy atom. The molecule has 1 saturated carbocycles. The molecule has 1 aromatic rings. The Kier molecular flexibility index (Phi) is 5.21. The van der Waals surface area contributed by atoms with Crippen LogP contribution in [0.4, 0.5) is 0 Å². The molecule has 1 aromatic carbocycles. The summed E-state index contributed by atoms with van der Waals surface area (Å²) >= 11 is 0. The lowest BCUT2D eigenvalue weighted by Crippen LogP contribution is -2.43. The summed E-state index contributed by atoms with van der Waals surface area (Å²) in [6.07, 6.45) is 5.37. The first kappa shape index (κ1) is 18.4. The molecule has 138 valence electrons. The molecule has 3 rings (SSSR count). The van der Waals surface area contributed by atoms with E-state index in [1.54, 1.807) is 0 Å². The molecule has 0 heterocycles. The summed E-state index contributed by atoms with van der Waals surface area (Å²) in [7, 11) is 0. The topological polar surface area (TPSA) is 58.6 Å². The van der Waals surface area contributed by atoms with Crippen molar-refractivity contribution in [3.63, 3.8) is 0 Å². The molecule has 1 atom stereocenters. The third-order valence-corrected chi connectivity index (χ3v) is 5.48. The average molecular weight is 345 g/mol. The minimum absolute atomic E-state index is 0.0209. The van der Waals surface area contributed by atoms with Crippen molar-refractivity contribution >= 4 is 5.97 Å². The minimum Gasteiger partial charge on any atom is -0.460 e. The van der Waals surface area contributed by atoms with E-state index in [9.17, 15) is 9.90 Å². The lowest BCUT2D eigenvalue weighted by molar-refractivity contribution is -0.161. The number of benzene rings is 1. The van der Waals surface area contributed by atoms with Crippen LogP contribution in [0.2, 0.25) is 0 Å². The van der Waals surface area contributed by atoms with Crippen LogP contribution in [0.15, 0.2) is 24.3 Å². The SMILES string of the molecule is CC(C)(C)OC(=O)C1CCC(NCC2(O)CCc3ccccc32)CC1. The highest BCUT2D eigenvalue weighted by Gasteiger charge is 2.37. The fourth-order valence-electron chi connectivity index (χ4n) is 4.08. The van der Waals surface area contributed by atoms with Crippen molar-refractivity contribution in [2.75, 3.05) is 6.54 Å². The Morgan fingerprint density at radius 3 is 2.60 bits per heavy atom. The van der Waals surface area contributed by atoms with E-state index in [0.29, 0.717) is 12.6 Å². The number of rotatable bonds is 4. The third-order valence-electron chi connectivity index (χ3n) is 5.48. The first-order valence-corrected chi connectivity index (χ1v) is 9.54. The van der Waals surface area contributed by atoms with Gasteiger partial charge in [0.05, 0.1) is 5.92 Å². The minimum atomic E-state index is -0.751. The van der Waals surface area contributed by atoms with E-state index in [-0.39, 0.29) is 11.9 Å². The van der Waals surface area contributed by atoms with Crippen molar-refractivity contribution in [3.8, 4) is 0 Å². The van der Waals surface area contributed by atoms with E-state index in [1.165, 1.54) is 5.56 Å². The molecule has 0 amide bonds. The van der Waals surface area contributed by atoms with Crippen LogP contribution in [-0.4, -0.2) is 29.3 Å². The van der Waals surface area contributed by atoms with E-state index in [2.05, 4.69) is 11.4 Å². The number of hydrogen-bond donors (Lipinski definition) is 2. The van der Waals surface area contributed by atoms with E-state index >= 15 is 0 Å². The van der Waals surface area contributed by atoms with Gasteiger partial charge in [-0.2, -0.15) is 0 Å². The molecular formula is C21H31NO3. The highest BCUT2D eigenvalue weighted by atomic mass is 16.6. The van der Waals surface area contributed by atoms with Crippen LogP contribution in [0.5, 0.6) is 0 Å². The molecule has 0 saturated heterocycles. The first-order valence-electron chi connectivity index (χ1n) is 9.54. The zero-order valence-electron chi connectivity index (χ0n) is 15.7. The van der Waals surface area contributed by atoms with Gasteiger partial charge in [0.1, 0.15) is 11.2 Å². The Bertz CT molecular complexity index is 614. The second-order valence-corrected chi connectivity index (χ2v) is 8.65. The molecule has 0 aliphatic heterocycles. The lowest BCUT2D eigenvalue weighted by atomic mass is 9.85. The summed E-state index contributed by atoms with van der Waals surface area (Å²) in [5.74, 6) is -0.0399. The number of carbonyl (C=O) groups is 1. The number of aryl methyl sites for hydroxylation is 1. The first-order chi connectivity index (χ1) is 11.8. The lowest BCUT2D eigenvalue weighted by Gasteiger charge is -2.33. The maximum atomic E-state index is 12.2. The number of nitrogens with one attached hydrogen (secondary N) is 1. The molecule has 0 bridgehead atoms. The quantitative estimate of drug-likeness (QED) is 0.822. The van der Waals surface area contributed by atoms with Crippen LogP contribution >= 0.6 is 0 Å². The molecule has 2 N–H and O–H groups in total. The number of ether oxygens (including phenoxy) is 1. The third kappa shape index (κ3) is 4.42.